The summed E-state index contributed by atoms with van der Waals surface area (Å²) in [5.74, 6) is -0.989. The van der Waals surface area contributed by atoms with Gasteiger partial charge in [-0.25, -0.2) is 9.59 Å². The van der Waals surface area contributed by atoms with Crippen LogP contribution in [0.2, 0.25) is 0 Å². The lowest BCUT2D eigenvalue weighted by Gasteiger charge is -2.26. The minimum Gasteiger partial charge on any atom is -0.463 e. The van der Waals surface area contributed by atoms with Gasteiger partial charge in [-0.15, -0.1) is 0 Å². The van der Waals surface area contributed by atoms with Crippen LogP contribution in [0.15, 0.2) is 29.5 Å². The summed E-state index contributed by atoms with van der Waals surface area (Å²) in [6, 6.07) is 4.78. The van der Waals surface area contributed by atoms with E-state index in [4.69, 9.17) is 9.47 Å². The Hall–Kier alpha value is -2.83. The van der Waals surface area contributed by atoms with Crippen molar-refractivity contribution in [2.75, 3.05) is 13.2 Å². The third kappa shape index (κ3) is 4.84. The van der Waals surface area contributed by atoms with Crippen LogP contribution in [0.3, 0.4) is 0 Å². The molecule has 1 atom stereocenters. The fraction of sp³-hybridized carbons (Fsp3) is 0.421. The summed E-state index contributed by atoms with van der Waals surface area (Å²) < 4.78 is 10.3. The van der Waals surface area contributed by atoms with Crippen LogP contribution in [0.1, 0.15) is 30.5 Å². The molecule has 26 heavy (non-hydrogen) atoms. The summed E-state index contributed by atoms with van der Waals surface area (Å²) in [4.78, 5) is 35.9. The van der Waals surface area contributed by atoms with Crippen LogP contribution in [0.25, 0.3) is 0 Å². The first-order chi connectivity index (χ1) is 12.3. The third-order valence-corrected chi connectivity index (χ3v) is 4.16. The average molecular weight is 360 g/mol. The molecule has 1 aromatic rings. The molecule has 0 aromatic heterocycles. The van der Waals surface area contributed by atoms with Gasteiger partial charge in [0.25, 0.3) is 0 Å². The van der Waals surface area contributed by atoms with Crippen LogP contribution in [0.4, 0.5) is 4.79 Å². The smallest absolute Gasteiger partial charge is 0.338 e. The molecule has 2 N–H and O–H groups in total. The van der Waals surface area contributed by atoms with Crippen LogP contribution >= 0.6 is 0 Å². The van der Waals surface area contributed by atoms with E-state index in [1.54, 1.807) is 13.8 Å². The molecule has 1 aromatic carbocycles. The number of nitrogens with one attached hydrogen (secondary N) is 2. The number of urea groups is 1. The highest BCUT2D eigenvalue weighted by molar-refractivity contribution is 5.94. The lowest BCUT2D eigenvalue weighted by Crippen LogP contribution is -2.50. The van der Waals surface area contributed by atoms with Gasteiger partial charge in [-0.05, 0) is 44.4 Å². The van der Waals surface area contributed by atoms with E-state index in [1.807, 2.05) is 32.0 Å². The minimum atomic E-state index is -0.548. The zero-order valence-electron chi connectivity index (χ0n) is 15.5. The topological polar surface area (TPSA) is 93.7 Å². The molecule has 0 aliphatic carbocycles. The number of aryl methyl sites for hydroxylation is 2. The number of esters is 2. The zero-order valence-corrected chi connectivity index (χ0v) is 15.5. The Bertz CT molecular complexity index is 754. The lowest BCUT2D eigenvalue weighted by atomic mass is 10.0. The summed E-state index contributed by atoms with van der Waals surface area (Å²) in [7, 11) is 0. The standard InChI is InChI=1S/C19H24N2O5/c1-5-25-18(23)17-13(4)20-19(24)21-15(17)10-26-16(22)9-14-7-6-11(2)12(3)8-14/h6-8,13H,5,9-10H2,1-4H3,(H2,20,21,24)/t13-/m1/s1. The van der Waals surface area contributed by atoms with Crippen LogP contribution in [0.5, 0.6) is 0 Å². The van der Waals surface area contributed by atoms with Crippen molar-refractivity contribution in [3.05, 3.63) is 46.2 Å². The maximum absolute atomic E-state index is 12.1. The molecule has 7 heteroatoms. The highest BCUT2D eigenvalue weighted by Crippen LogP contribution is 2.15. The summed E-state index contributed by atoms with van der Waals surface area (Å²) in [5, 5.41) is 5.11. The van der Waals surface area contributed by atoms with Gasteiger partial charge in [-0.1, -0.05) is 18.2 Å². The molecule has 0 unspecified atom stereocenters. The molecule has 140 valence electrons. The van der Waals surface area contributed by atoms with E-state index in [-0.39, 0.29) is 30.9 Å². The molecule has 0 bridgehead atoms. The fourth-order valence-corrected chi connectivity index (χ4v) is 2.68. The number of hydrogen-bond acceptors (Lipinski definition) is 5. The molecule has 1 aliphatic heterocycles. The third-order valence-electron chi connectivity index (χ3n) is 4.16. The van der Waals surface area contributed by atoms with Crippen molar-refractivity contribution in [2.24, 2.45) is 0 Å². The molecule has 0 saturated heterocycles. The van der Waals surface area contributed by atoms with Crippen LogP contribution < -0.4 is 10.6 Å². The fourth-order valence-electron chi connectivity index (χ4n) is 2.68. The van der Waals surface area contributed by atoms with Gasteiger partial charge >= 0.3 is 18.0 Å². The van der Waals surface area contributed by atoms with Gasteiger partial charge in [0.05, 0.1) is 30.3 Å². The van der Waals surface area contributed by atoms with Crippen LogP contribution in [-0.2, 0) is 25.5 Å². The highest BCUT2D eigenvalue weighted by Gasteiger charge is 2.30. The summed E-state index contributed by atoms with van der Waals surface area (Å²) in [6.45, 7) is 7.36. The number of hydrogen-bond donors (Lipinski definition) is 2. The van der Waals surface area contributed by atoms with Gasteiger partial charge in [0.15, 0.2) is 0 Å². The van der Waals surface area contributed by atoms with Gasteiger partial charge in [0.2, 0.25) is 0 Å². The Morgan fingerprint density at radius 2 is 1.88 bits per heavy atom. The Labute approximate surface area is 152 Å². The van der Waals surface area contributed by atoms with Gasteiger partial charge < -0.3 is 20.1 Å². The molecule has 0 spiro atoms. The van der Waals surface area contributed by atoms with Crippen molar-refractivity contribution in [2.45, 2.75) is 40.2 Å². The molecule has 7 nitrogen and oxygen atoms in total. The Balaban J connectivity index is 2.07. The maximum atomic E-state index is 12.1. The van der Waals surface area contributed by atoms with E-state index < -0.39 is 24.0 Å². The molecule has 1 aliphatic rings. The molecular weight excluding hydrogens is 336 g/mol. The summed E-state index contributed by atoms with van der Waals surface area (Å²) in [6.07, 6.45) is 0.116. The van der Waals surface area contributed by atoms with E-state index in [9.17, 15) is 14.4 Å². The molecular formula is C19H24N2O5. The summed E-state index contributed by atoms with van der Waals surface area (Å²) >= 11 is 0. The first kappa shape index (κ1) is 19.5. The number of benzene rings is 1. The second-order valence-corrected chi connectivity index (χ2v) is 6.19. The lowest BCUT2D eigenvalue weighted by molar-refractivity contribution is -0.143. The van der Waals surface area contributed by atoms with E-state index >= 15 is 0 Å². The van der Waals surface area contributed by atoms with Crippen molar-refractivity contribution >= 4 is 18.0 Å². The van der Waals surface area contributed by atoms with Gasteiger partial charge in [0, 0.05) is 0 Å². The monoisotopic (exact) mass is 360 g/mol. The van der Waals surface area contributed by atoms with Gasteiger partial charge in [-0.2, -0.15) is 0 Å². The van der Waals surface area contributed by atoms with Crippen molar-refractivity contribution in [3.8, 4) is 0 Å². The second-order valence-electron chi connectivity index (χ2n) is 6.19. The minimum absolute atomic E-state index is 0.116. The number of rotatable bonds is 6. The predicted octanol–water partition coefficient (Wildman–Crippen LogP) is 1.91. The van der Waals surface area contributed by atoms with Gasteiger partial charge in [-0.3, -0.25) is 4.79 Å². The van der Waals surface area contributed by atoms with Crippen LogP contribution in [0, 0.1) is 13.8 Å². The maximum Gasteiger partial charge on any atom is 0.338 e. The predicted molar refractivity (Wildman–Crippen MR) is 95.4 cm³/mol. The number of ether oxygens (including phenoxy) is 2. The molecule has 2 amide bonds. The number of carbonyl (C=O) groups excluding carboxylic acids is 3. The molecule has 0 fully saturated rings. The van der Waals surface area contributed by atoms with E-state index in [2.05, 4.69) is 10.6 Å². The van der Waals surface area contributed by atoms with Crippen molar-refractivity contribution < 1.29 is 23.9 Å². The van der Waals surface area contributed by atoms with Gasteiger partial charge in [0.1, 0.15) is 6.61 Å². The molecule has 2 rings (SSSR count). The highest BCUT2D eigenvalue weighted by atomic mass is 16.5. The quantitative estimate of drug-likeness (QED) is 0.756. The largest absolute Gasteiger partial charge is 0.463 e. The van der Waals surface area contributed by atoms with E-state index in [0.717, 1.165) is 16.7 Å². The van der Waals surface area contributed by atoms with E-state index in [1.165, 1.54) is 0 Å². The Kier molecular flexibility index (Phi) is 6.38. The first-order valence-electron chi connectivity index (χ1n) is 8.51. The van der Waals surface area contributed by atoms with Crippen LogP contribution in [-0.4, -0.2) is 37.2 Å². The molecule has 1 heterocycles. The number of carbonyl (C=O) groups is 3. The first-order valence-corrected chi connectivity index (χ1v) is 8.51. The summed E-state index contributed by atoms with van der Waals surface area (Å²) in [5.41, 5.74) is 3.60. The SMILES string of the molecule is CCOC(=O)C1=C(COC(=O)Cc2ccc(C)c(C)c2)NC(=O)N[C@@H]1C. The average Bonchev–Trinajstić information content (AvgIpc) is 2.56. The molecule has 0 saturated carbocycles. The Morgan fingerprint density at radius 3 is 2.54 bits per heavy atom. The van der Waals surface area contributed by atoms with E-state index in [0.29, 0.717) is 0 Å². The zero-order chi connectivity index (χ0) is 19.3. The molecule has 0 radical (unpaired) electrons. The van der Waals surface area contributed by atoms with Crippen molar-refractivity contribution in [1.29, 1.82) is 0 Å². The second kappa shape index (κ2) is 8.51. The Morgan fingerprint density at radius 1 is 1.15 bits per heavy atom. The number of amides is 2. The van der Waals surface area contributed by atoms with Crippen molar-refractivity contribution in [1.82, 2.24) is 10.6 Å². The normalized spacial score (nSPS) is 16.6. The van der Waals surface area contributed by atoms with Crippen molar-refractivity contribution in [3.63, 3.8) is 0 Å².